The highest BCUT2D eigenvalue weighted by Crippen LogP contribution is 2.21. The highest BCUT2D eigenvalue weighted by Gasteiger charge is 2.09. The van der Waals surface area contributed by atoms with Crippen LogP contribution >= 0.6 is 0 Å². The van der Waals surface area contributed by atoms with Gasteiger partial charge in [-0.2, -0.15) is 0 Å². The van der Waals surface area contributed by atoms with Crippen LogP contribution in [-0.4, -0.2) is 37.9 Å². The molecule has 1 aromatic rings. The molecule has 0 saturated heterocycles. The highest BCUT2D eigenvalue weighted by atomic mass is 19.1. The summed E-state index contributed by atoms with van der Waals surface area (Å²) in [5.74, 6) is -0.631. The minimum atomic E-state index is -0.883. The smallest absolute Gasteiger partial charge is 0.258 e. The van der Waals surface area contributed by atoms with Crippen LogP contribution in [0.2, 0.25) is 0 Å². The van der Waals surface area contributed by atoms with Gasteiger partial charge in [0.05, 0.1) is 12.7 Å². The number of rotatable bonds is 7. The third-order valence-corrected chi connectivity index (χ3v) is 2.42. The van der Waals surface area contributed by atoms with Crippen molar-refractivity contribution >= 4 is 5.91 Å². The van der Waals surface area contributed by atoms with Crippen molar-refractivity contribution < 1.29 is 23.8 Å². The van der Waals surface area contributed by atoms with Crippen LogP contribution in [0.3, 0.4) is 0 Å². The number of ether oxygens (including phenoxy) is 2. The van der Waals surface area contributed by atoms with Crippen LogP contribution < -0.4 is 10.1 Å². The number of nitrogens with one attached hydrogen (secondary N) is 1. The molecule has 0 spiro atoms. The molecule has 0 fully saturated rings. The molecule has 0 bridgehead atoms. The lowest BCUT2D eigenvalue weighted by Gasteiger charge is -2.10. The molecule has 0 radical (unpaired) electrons. The number of carbonyl (C=O) groups excluding carboxylic acids is 1. The molecule has 6 heteroatoms. The van der Waals surface area contributed by atoms with E-state index < -0.39 is 11.9 Å². The van der Waals surface area contributed by atoms with E-state index in [0.29, 0.717) is 13.2 Å². The summed E-state index contributed by atoms with van der Waals surface area (Å²) in [5.41, 5.74) is 0.192. The Labute approximate surface area is 111 Å². The van der Waals surface area contributed by atoms with E-state index in [4.69, 9.17) is 9.47 Å². The number of hydrogen-bond donors (Lipinski definition) is 2. The molecule has 0 aliphatic carbocycles. The van der Waals surface area contributed by atoms with Crippen molar-refractivity contribution in [3.05, 3.63) is 29.6 Å². The Bertz CT molecular complexity index is 423. The number of aliphatic hydroxyl groups is 1. The van der Waals surface area contributed by atoms with E-state index in [1.807, 2.05) is 0 Å². The molecule has 0 heterocycles. The highest BCUT2D eigenvalue weighted by molar-refractivity contribution is 5.77. The quantitative estimate of drug-likeness (QED) is 0.727. The Kier molecular flexibility index (Phi) is 6.24. The normalized spacial score (nSPS) is 12.0. The molecule has 106 valence electrons. The predicted molar refractivity (Wildman–Crippen MR) is 67.4 cm³/mol. The minimum absolute atomic E-state index is 0.192. The fourth-order valence-corrected chi connectivity index (χ4v) is 1.43. The molecule has 0 saturated carbocycles. The fourth-order valence-electron chi connectivity index (χ4n) is 1.43. The number of halogens is 1. The number of hydrogen-bond acceptors (Lipinski definition) is 4. The summed E-state index contributed by atoms with van der Waals surface area (Å²) in [6.45, 7) is 2.09. The van der Waals surface area contributed by atoms with Gasteiger partial charge in [-0.3, -0.25) is 4.79 Å². The molecule has 1 amide bonds. The predicted octanol–water partition coefficient (Wildman–Crippen LogP) is 1.02. The Hall–Kier alpha value is -1.66. The molecule has 1 atom stereocenters. The van der Waals surface area contributed by atoms with Crippen LogP contribution in [0.5, 0.6) is 5.75 Å². The van der Waals surface area contributed by atoms with Crippen LogP contribution in [0.4, 0.5) is 4.39 Å². The van der Waals surface area contributed by atoms with Gasteiger partial charge in [-0.1, -0.05) is 0 Å². The van der Waals surface area contributed by atoms with E-state index in [1.54, 1.807) is 0 Å². The molecule has 0 aliphatic rings. The summed E-state index contributed by atoms with van der Waals surface area (Å²) >= 11 is 0. The van der Waals surface area contributed by atoms with E-state index >= 15 is 0 Å². The van der Waals surface area contributed by atoms with Gasteiger partial charge in [0.2, 0.25) is 0 Å². The lowest BCUT2D eigenvalue weighted by atomic mass is 10.1. The van der Waals surface area contributed by atoms with Gasteiger partial charge < -0.3 is 19.9 Å². The second-order valence-corrected chi connectivity index (χ2v) is 3.99. The Morgan fingerprint density at radius 2 is 2.26 bits per heavy atom. The van der Waals surface area contributed by atoms with Crippen molar-refractivity contribution in [2.75, 3.05) is 26.9 Å². The van der Waals surface area contributed by atoms with Crippen LogP contribution in [0.1, 0.15) is 18.6 Å². The molecular weight excluding hydrogens is 253 g/mol. The van der Waals surface area contributed by atoms with Gasteiger partial charge in [0.15, 0.2) is 6.61 Å². The first-order chi connectivity index (χ1) is 9.04. The lowest BCUT2D eigenvalue weighted by molar-refractivity contribution is -0.123. The van der Waals surface area contributed by atoms with Crippen molar-refractivity contribution in [2.24, 2.45) is 0 Å². The molecule has 0 unspecified atom stereocenters. The second kappa shape index (κ2) is 7.70. The van der Waals surface area contributed by atoms with Gasteiger partial charge in [-0.05, 0) is 19.1 Å². The fraction of sp³-hybridized carbons (Fsp3) is 0.462. The number of benzene rings is 1. The first-order valence-electron chi connectivity index (χ1n) is 5.90. The van der Waals surface area contributed by atoms with E-state index in [9.17, 15) is 14.3 Å². The number of methoxy groups -OCH3 is 1. The van der Waals surface area contributed by atoms with Crippen LogP contribution in [0.15, 0.2) is 18.2 Å². The molecule has 19 heavy (non-hydrogen) atoms. The standard InChI is InChI=1S/C13H18FNO4/c1-9(16)11-4-3-10(7-12(11)14)19-8-13(17)15-5-6-18-2/h3-4,7,9,16H,5-6,8H2,1-2H3,(H,15,17)/t9-/m1/s1. The first kappa shape index (κ1) is 15.4. The summed E-state index contributed by atoms with van der Waals surface area (Å²) in [6, 6.07) is 4.08. The van der Waals surface area contributed by atoms with Crippen molar-refractivity contribution in [2.45, 2.75) is 13.0 Å². The average Bonchev–Trinajstić information content (AvgIpc) is 2.36. The summed E-state index contributed by atoms with van der Waals surface area (Å²) in [5, 5.41) is 11.9. The Balaban J connectivity index is 2.45. The van der Waals surface area contributed by atoms with E-state index in [-0.39, 0.29) is 23.8 Å². The van der Waals surface area contributed by atoms with Crippen LogP contribution in [0, 0.1) is 5.82 Å². The van der Waals surface area contributed by atoms with E-state index in [2.05, 4.69) is 5.32 Å². The molecular formula is C13H18FNO4. The largest absolute Gasteiger partial charge is 0.484 e. The lowest BCUT2D eigenvalue weighted by Crippen LogP contribution is -2.31. The van der Waals surface area contributed by atoms with E-state index in [0.717, 1.165) is 6.07 Å². The summed E-state index contributed by atoms with van der Waals surface area (Å²) in [7, 11) is 1.54. The third-order valence-electron chi connectivity index (χ3n) is 2.42. The molecule has 1 rings (SSSR count). The van der Waals surface area contributed by atoms with Gasteiger partial charge in [-0.15, -0.1) is 0 Å². The minimum Gasteiger partial charge on any atom is -0.484 e. The van der Waals surface area contributed by atoms with Gasteiger partial charge in [0, 0.05) is 25.3 Å². The Morgan fingerprint density at radius 1 is 1.53 bits per heavy atom. The van der Waals surface area contributed by atoms with Crippen LogP contribution in [0.25, 0.3) is 0 Å². The van der Waals surface area contributed by atoms with Gasteiger partial charge >= 0.3 is 0 Å². The molecule has 2 N–H and O–H groups in total. The maximum Gasteiger partial charge on any atom is 0.258 e. The average molecular weight is 271 g/mol. The molecule has 1 aromatic carbocycles. The summed E-state index contributed by atoms with van der Waals surface area (Å²) in [4.78, 5) is 11.3. The maximum absolute atomic E-state index is 13.5. The monoisotopic (exact) mass is 271 g/mol. The zero-order valence-corrected chi connectivity index (χ0v) is 11.0. The van der Waals surface area contributed by atoms with Crippen molar-refractivity contribution in [3.8, 4) is 5.75 Å². The number of carbonyl (C=O) groups is 1. The maximum atomic E-state index is 13.5. The topological polar surface area (TPSA) is 67.8 Å². The third kappa shape index (κ3) is 5.23. The van der Waals surface area contributed by atoms with Gasteiger partial charge in [0.25, 0.3) is 5.91 Å². The van der Waals surface area contributed by atoms with Crippen molar-refractivity contribution in [1.82, 2.24) is 5.32 Å². The summed E-state index contributed by atoms with van der Waals surface area (Å²) in [6.07, 6.45) is -0.883. The molecule has 5 nitrogen and oxygen atoms in total. The Morgan fingerprint density at radius 3 is 2.84 bits per heavy atom. The SMILES string of the molecule is COCCNC(=O)COc1ccc([C@@H](C)O)c(F)c1. The van der Waals surface area contributed by atoms with Gasteiger partial charge in [0.1, 0.15) is 11.6 Å². The van der Waals surface area contributed by atoms with Gasteiger partial charge in [-0.25, -0.2) is 4.39 Å². The second-order valence-electron chi connectivity index (χ2n) is 3.99. The molecule has 0 aromatic heterocycles. The van der Waals surface area contributed by atoms with Crippen molar-refractivity contribution in [1.29, 1.82) is 0 Å². The van der Waals surface area contributed by atoms with Crippen molar-refractivity contribution in [3.63, 3.8) is 0 Å². The molecule has 0 aliphatic heterocycles. The summed E-state index contributed by atoms with van der Waals surface area (Å²) < 4.78 is 23.4. The first-order valence-corrected chi connectivity index (χ1v) is 5.90. The van der Waals surface area contributed by atoms with E-state index in [1.165, 1.54) is 26.2 Å². The number of aliphatic hydroxyl groups excluding tert-OH is 1. The zero-order valence-electron chi connectivity index (χ0n) is 11.0. The zero-order chi connectivity index (χ0) is 14.3. The number of amides is 1. The van der Waals surface area contributed by atoms with Crippen LogP contribution in [-0.2, 0) is 9.53 Å².